The molecule has 148 valence electrons. The molecule has 4 aliphatic carbocycles. The second-order valence-electron chi connectivity index (χ2n) is 8.87. The van der Waals surface area contributed by atoms with Gasteiger partial charge in [0.05, 0.1) is 0 Å². The van der Waals surface area contributed by atoms with Gasteiger partial charge in [-0.2, -0.15) is 9.78 Å². The van der Waals surface area contributed by atoms with Crippen LogP contribution in [-0.4, -0.2) is 35.7 Å². The predicted molar refractivity (Wildman–Crippen MR) is 90.6 cm³/mol. The van der Waals surface area contributed by atoms with E-state index in [1.165, 1.54) is 25.8 Å². The van der Waals surface area contributed by atoms with Crippen LogP contribution in [0.3, 0.4) is 0 Å². The summed E-state index contributed by atoms with van der Waals surface area (Å²) in [5.41, 5.74) is 1.53. The van der Waals surface area contributed by atoms with Crippen LogP contribution in [0.5, 0.6) is 0 Å². The zero-order chi connectivity index (χ0) is 19.0. The van der Waals surface area contributed by atoms with E-state index in [4.69, 9.17) is 24.0 Å². The molecule has 0 bridgehead atoms. The second kappa shape index (κ2) is 5.78. The predicted octanol–water partition coefficient (Wildman–Crippen LogP) is 2.64. The molecule has 0 aromatic heterocycles. The first-order chi connectivity index (χ1) is 12.8. The molecule has 4 fully saturated rings. The van der Waals surface area contributed by atoms with Gasteiger partial charge in [0, 0.05) is 44.9 Å². The summed E-state index contributed by atoms with van der Waals surface area (Å²) >= 11 is 0. The van der Waals surface area contributed by atoms with Crippen molar-refractivity contribution in [3.8, 4) is 0 Å². The molecule has 7 unspecified atom stereocenters. The molecule has 27 heavy (non-hydrogen) atoms. The average molecular weight is 378 g/mol. The Bertz CT molecular complexity index is 691. The Morgan fingerprint density at radius 2 is 1.74 bits per heavy atom. The molecular formula is C20H26O7. The maximum atomic E-state index is 11.5. The summed E-state index contributed by atoms with van der Waals surface area (Å²) in [5, 5.41) is 0. The number of fused-ring (bicyclic) bond motifs is 1. The summed E-state index contributed by atoms with van der Waals surface area (Å²) in [5.74, 6) is -0.927. The smallest absolute Gasteiger partial charge is 0.302 e. The number of ether oxygens (including phenoxy) is 3. The molecule has 0 aromatic rings. The lowest BCUT2D eigenvalue weighted by molar-refractivity contribution is -0.385. The van der Waals surface area contributed by atoms with Crippen molar-refractivity contribution in [3.05, 3.63) is 11.6 Å². The first-order valence-corrected chi connectivity index (χ1v) is 9.92. The molecule has 5 rings (SSSR count). The maximum Gasteiger partial charge on any atom is 0.302 e. The van der Waals surface area contributed by atoms with Crippen molar-refractivity contribution in [1.82, 2.24) is 0 Å². The van der Waals surface area contributed by atoms with Crippen LogP contribution in [0, 0.1) is 23.7 Å². The number of carbonyl (C=O) groups excluding carboxylic acids is 2. The van der Waals surface area contributed by atoms with Gasteiger partial charge in [-0.15, -0.1) is 0 Å². The van der Waals surface area contributed by atoms with Crippen molar-refractivity contribution in [3.63, 3.8) is 0 Å². The number of esters is 2. The maximum absolute atomic E-state index is 11.5. The van der Waals surface area contributed by atoms with Crippen molar-refractivity contribution in [2.24, 2.45) is 23.7 Å². The van der Waals surface area contributed by atoms with Crippen molar-refractivity contribution >= 4 is 11.9 Å². The molecule has 0 amide bonds. The largest absolute Gasteiger partial charge is 0.462 e. The SMILES string of the molecule is CC(=O)OC1CC(OC(C)=O)CC2(C1)OOC1(O2)C(C)C=C2CC3CC1C23. The Morgan fingerprint density at radius 3 is 2.33 bits per heavy atom. The van der Waals surface area contributed by atoms with Crippen LogP contribution in [0.1, 0.15) is 52.9 Å². The van der Waals surface area contributed by atoms with Gasteiger partial charge in [0.15, 0.2) is 0 Å². The van der Waals surface area contributed by atoms with Crippen LogP contribution < -0.4 is 0 Å². The van der Waals surface area contributed by atoms with E-state index in [2.05, 4.69) is 13.0 Å². The molecule has 0 N–H and O–H groups in total. The normalized spacial score (nSPS) is 49.7. The van der Waals surface area contributed by atoms with Gasteiger partial charge in [0.1, 0.15) is 12.2 Å². The molecule has 7 nitrogen and oxygen atoms in total. The van der Waals surface area contributed by atoms with Crippen LogP contribution in [0.2, 0.25) is 0 Å². The highest BCUT2D eigenvalue weighted by Crippen LogP contribution is 2.68. The molecule has 1 saturated heterocycles. The lowest BCUT2D eigenvalue weighted by atomic mass is 9.45. The van der Waals surface area contributed by atoms with Gasteiger partial charge in [-0.1, -0.05) is 18.6 Å². The van der Waals surface area contributed by atoms with Gasteiger partial charge in [-0.25, -0.2) is 0 Å². The lowest BCUT2D eigenvalue weighted by Gasteiger charge is -2.63. The molecule has 3 saturated carbocycles. The number of hydrogen-bond donors (Lipinski definition) is 0. The Balaban J connectivity index is 1.40. The number of carbonyl (C=O) groups is 2. The quantitative estimate of drug-likeness (QED) is 0.415. The van der Waals surface area contributed by atoms with Gasteiger partial charge in [0.2, 0.25) is 11.6 Å². The summed E-state index contributed by atoms with van der Waals surface area (Å²) in [6.07, 6.45) is 4.86. The third-order valence-electron chi connectivity index (χ3n) is 6.98. The summed E-state index contributed by atoms with van der Waals surface area (Å²) in [4.78, 5) is 34.8. The molecular weight excluding hydrogens is 352 g/mol. The first-order valence-electron chi connectivity index (χ1n) is 9.92. The minimum Gasteiger partial charge on any atom is -0.462 e. The summed E-state index contributed by atoms with van der Waals surface area (Å²) < 4.78 is 17.4. The Morgan fingerprint density at radius 1 is 1.07 bits per heavy atom. The first kappa shape index (κ1) is 17.6. The fourth-order valence-electron chi connectivity index (χ4n) is 5.98. The topological polar surface area (TPSA) is 80.3 Å². The number of rotatable bonds is 2. The summed E-state index contributed by atoms with van der Waals surface area (Å²) in [7, 11) is 0. The van der Waals surface area contributed by atoms with Gasteiger partial charge in [0.25, 0.3) is 0 Å². The monoisotopic (exact) mass is 378 g/mol. The third-order valence-corrected chi connectivity index (χ3v) is 6.98. The van der Waals surface area contributed by atoms with Gasteiger partial charge in [-0.05, 0) is 24.7 Å². The van der Waals surface area contributed by atoms with Crippen LogP contribution in [0.15, 0.2) is 11.6 Å². The highest BCUT2D eigenvalue weighted by molar-refractivity contribution is 5.66. The average Bonchev–Trinajstić information content (AvgIpc) is 2.87. The standard InChI is InChI=1S/C20H26O7/c1-10-4-13-5-14-6-17(18(13)14)20(10)25-19(26-27-20)8-15(23-11(2)21)7-16(9-19)24-12(3)22/h4,10,14-18H,5-9H2,1-3H3. The van der Waals surface area contributed by atoms with Crippen LogP contribution in [-0.2, 0) is 33.6 Å². The van der Waals surface area contributed by atoms with Gasteiger partial charge in [-0.3, -0.25) is 9.59 Å². The number of hydrogen-bond acceptors (Lipinski definition) is 7. The van der Waals surface area contributed by atoms with E-state index in [9.17, 15) is 9.59 Å². The van der Waals surface area contributed by atoms with Crippen molar-refractivity contribution in [1.29, 1.82) is 0 Å². The van der Waals surface area contributed by atoms with E-state index in [0.29, 0.717) is 31.1 Å². The molecule has 7 atom stereocenters. The van der Waals surface area contributed by atoms with Gasteiger partial charge < -0.3 is 14.2 Å². The minimum absolute atomic E-state index is 0.0793. The Labute approximate surface area is 158 Å². The van der Waals surface area contributed by atoms with Crippen molar-refractivity contribution in [2.75, 3.05) is 0 Å². The fourth-order valence-corrected chi connectivity index (χ4v) is 5.98. The van der Waals surface area contributed by atoms with E-state index in [1.807, 2.05) is 0 Å². The van der Waals surface area contributed by atoms with E-state index < -0.39 is 23.8 Å². The molecule has 0 radical (unpaired) electrons. The second-order valence-corrected chi connectivity index (χ2v) is 8.87. The third kappa shape index (κ3) is 2.58. The summed E-state index contributed by atoms with van der Waals surface area (Å²) in [6, 6.07) is 0. The highest BCUT2D eigenvalue weighted by atomic mass is 17.3. The minimum atomic E-state index is -1.06. The highest BCUT2D eigenvalue weighted by Gasteiger charge is 2.70. The molecule has 0 aromatic carbocycles. The van der Waals surface area contributed by atoms with E-state index in [0.717, 1.165) is 12.3 Å². The van der Waals surface area contributed by atoms with Crippen molar-refractivity contribution in [2.45, 2.75) is 76.7 Å². The van der Waals surface area contributed by atoms with Crippen LogP contribution in [0.4, 0.5) is 0 Å². The molecule has 5 aliphatic rings. The Hall–Kier alpha value is -1.44. The molecule has 2 spiro atoms. The van der Waals surface area contributed by atoms with Crippen LogP contribution in [0.25, 0.3) is 0 Å². The van der Waals surface area contributed by atoms with E-state index in [1.54, 1.807) is 0 Å². The van der Waals surface area contributed by atoms with Gasteiger partial charge >= 0.3 is 11.9 Å². The zero-order valence-electron chi connectivity index (χ0n) is 15.9. The summed E-state index contributed by atoms with van der Waals surface area (Å²) in [6.45, 7) is 4.85. The lowest BCUT2D eigenvalue weighted by Crippen LogP contribution is -2.63. The Kier molecular flexibility index (Phi) is 3.78. The van der Waals surface area contributed by atoms with Crippen molar-refractivity contribution < 1.29 is 33.6 Å². The van der Waals surface area contributed by atoms with E-state index >= 15 is 0 Å². The molecule has 7 heteroatoms. The van der Waals surface area contributed by atoms with Crippen LogP contribution >= 0.6 is 0 Å². The molecule has 1 heterocycles. The fraction of sp³-hybridized carbons (Fsp3) is 0.800. The number of allylic oxidation sites excluding steroid dienone is 1. The zero-order valence-corrected chi connectivity index (χ0v) is 15.9. The molecule has 1 aliphatic heterocycles. The van der Waals surface area contributed by atoms with E-state index in [-0.39, 0.29) is 17.9 Å².